The summed E-state index contributed by atoms with van der Waals surface area (Å²) in [6, 6.07) is 21.2. The third kappa shape index (κ3) is 3.21. The lowest BCUT2D eigenvalue weighted by Crippen LogP contribution is -2.44. The fourth-order valence-corrected chi connectivity index (χ4v) is 5.48. The second kappa shape index (κ2) is 8.21. The Bertz CT molecular complexity index is 1210. The molecule has 3 aromatic carbocycles. The zero-order valence-corrected chi connectivity index (χ0v) is 18.9. The van der Waals surface area contributed by atoms with Crippen molar-refractivity contribution in [2.75, 3.05) is 19.5 Å². The van der Waals surface area contributed by atoms with Crippen molar-refractivity contribution in [3.05, 3.63) is 94.5 Å². The molecule has 0 radical (unpaired) electrons. The number of halogens is 1. The van der Waals surface area contributed by atoms with Gasteiger partial charge in [-0.15, -0.1) is 0 Å². The molecule has 33 heavy (non-hydrogen) atoms. The van der Waals surface area contributed by atoms with Gasteiger partial charge in [0.05, 0.1) is 20.3 Å². The highest BCUT2D eigenvalue weighted by molar-refractivity contribution is 6.30. The molecule has 0 aliphatic carbocycles. The van der Waals surface area contributed by atoms with Crippen molar-refractivity contribution in [2.24, 2.45) is 0 Å². The zero-order valence-electron chi connectivity index (χ0n) is 18.2. The molecule has 1 saturated heterocycles. The molecule has 2 aliphatic rings. The van der Waals surface area contributed by atoms with Crippen LogP contribution in [-0.4, -0.2) is 32.1 Å². The van der Waals surface area contributed by atoms with Crippen LogP contribution in [0.5, 0.6) is 5.75 Å². The molecule has 0 aromatic heterocycles. The van der Waals surface area contributed by atoms with E-state index in [0.717, 1.165) is 22.4 Å². The minimum absolute atomic E-state index is 0.164. The van der Waals surface area contributed by atoms with Crippen molar-refractivity contribution in [1.82, 2.24) is 5.32 Å². The van der Waals surface area contributed by atoms with Crippen molar-refractivity contribution < 1.29 is 19.1 Å². The van der Waals surface area contributed by atoms with Crippen LogP contribution in [0.3, 0.4) is 0 Å². The summed E-state index contributed by atoms with van der Waals surface area (Å²) in [6.07, 6.45) is 0. The van der Waals surface area contributed by atoms with Gasteiger partial charge in [0.15, 0.2) is 0 Å². The second-order valence-corrected chi connectivity index (χ2v) is 8.71. The number of rotatable bonds is 4. The van der Waals surface area contributed by atoms with E-state index in [0.29, 0.717) is 10.8 Å². The smallest absolute Gasteiger partial charge is 0.323 e. The number of anilines is 1. The zero-order chi connectivity index (χ0) is 23.2. The van der Waals surface area contributed by atoms with Gasteiger partial charge in [-0.25, -0.2) is 0 Å². The lowest BCUT2D eigenvalue weighted by atomic mass is 9.63. The van der Waals surface area contributed by atoms with E-state index < -0.39 is 29.4 Å². The molecule has 5 rings (SSSR count). The average Bonchev–Trinajstić information content (AvgIpc) is 3.35. The quantitative estimate of drug-likeness (QED) is 0.568. The monoisotopic (exact) mass is 462 g/mol. The van der Waals surface area contributed by atoms with Crippen LogP contribution in [0.25, 0.3) is 0 Å². The van der Waals surface area contributed by atoms with Crippen LogP contribution < -0.4 is 15.4 Å². The SMILES string of the molecule is COC(=O)[C@@H]1N[C@H](c2ccc(Cl)cc2)[C@]2(C(=O)Nc3ccccc32)[C@H]1c1ccc(OC)cc1. The van der Waals surface area contributed by atoms with E-state index in [1.165, 1.54) is 7.11 Å². The molecule has 0 unspecified atom stereocenters. The summed E-state index contributed by atoms with van der Waals surface area (Å²) in [5, 5.41) is 7.10. The maximum Gasteiger partial charge on any atom is 0.323 e. The van der Waals surface area contributed by atoms with Crippen LogP contribution in [0.1, 0.15) is 28.7 Å². The molecular formula is C26H23ClN2O4. The van der Waals surface area contributed by atoms with E-state index in [4.69, 9.17) is 21.1 Å². The van der Waals surface area contributed by atoms with Gasteiger partial charge in [0.25, 0.3) is 0 Å². The number of benzene rings is 3. The maximum atomic E-state index is 13.9. The van der Waals surface area contributed by atoms with Gasteiger partial charge < -0.3 is 14.8 Å². The minimum Gasteiger partial charge on any atom is -0.497 e. The van der Waals surface area contributed by atoms with Crippen molar-refractivity contribution >= 4 is 29.2 Å². The highest BCUT2D eigenvalue weighted by Gasteiger charge is 2.66. The number of hydrogen-bond donors (Lipinski definition) is 2. The van der Waals surface area contributed by atoms with Gasteiger partial charge in [-0.3, -0.25) is 14.9 Å². The maximum absolute atomic E-state index is 13.9. The predicted molar refractivity (Wildman–Crippen MR) is 126 cm³/mol. The van der Waals surface area contributed by atoms with Gasteiger partial charge >= 0.3 is 5.97 Å². The molecule has 168 valence electrons. The van der Waals surface area contributed by atoms with Crippen LogP contribution in [0.15, 0.2) is 72.8 Å². The summed E-state index contributed by atoms with van der Waals surface area (Å²) in [5.74, 6) is -0.425. The van der Waals surface area contributed by atoms with Crippen LogP contribution >= 0.6 is 11.6 Å². The number of methoxy groups -OCH3 is 2. The minimum atomic E-state index is -1.09. The fourth-order valence-electron chi connectivity index (χ4n) is 5.36. The van der Waals surface area contributed by atoms with Gasteiger partial charge in [-0.2, -0.15) is 0 Å². The standard InChI is InChI=1S/C26H23ClN2O4/c1-32-18-13-9-15(10-14-18)21-22(24(30)33-2)29-23(16-7-11-17(27)12-8-16)26(21)19-5-3-4-6-20(19)28-25(26)31/h3-14,21-23,29H,1-2H3,(H,28,31)/t21-,22+,23+,26+/m0/s1. The summed E-state index contributed by atoms with van der Waals surface area (Å²) in [5.41, 5.74) is 2.19. The number of esters is 1. The summed E-state index contributed by atoms with van der Waals surface area (Å²) < 4.78 is 10.5. The molecule has 7 heteroatoms. The topological polar surface area (TPSA) is 76.7 Å². The summed E-state index contributed by atoms with van der Waals surface area (Å²) in [7, 11) is 2.96. The van der Waals surface area contributed by atoms with Gasteiger partial charge in [-0.1, -0.05) is 54.1 Å². The Hall–Kier alpha value is -3.35. The number of hydrogen-bond acceptors (Lipinski definition) is 5. The summed E-state index contributed by atoms with van der Waals surface area (Å²) in [4.78, 5) is 27.0. The molecule has 4 atom stereocenters. The molecule has 1 amide bonds. The van der Waals surface area contributed by atoms with E-state index in [1.807, 2.05) is 60.7 Å². The van der Waals surface area contributed by atoms with E-state index >= 15 is 0 Å². The first-order valence-electron chi connectivity index (χ1n) is 10.6. The van der Waals surface area contributed by atoms with Gasteiger partial charge in [0, 0.05) is 16.6 Å². The van der Waals surface area contributed by atoms with Gasteiger partial charge in [0.2, 0.25) is 5.91 Å². The highest BCUT2D eigenvalue weighted by atomic mass is 35.5. The van der Waals surface area contributed by atoms with Crippen molar-refractivity contribution in [3.63, 3.8) is 0 Å². The number of ether oxygens (including phenoxy) is 2. The van der Waals surface area contributed by atoms with Gasteiger partial charge in [-0.05, 0) is 47.0 Å². The number of para-hydroxylation sites is 1. The molecule has 0 bridgehead atoms. The van der Waals surface area contributed by atoms with E-state index in [1.54, 1.807) is 19.2 Å². The molecule has 2 aliphatic heterocycles. The highest BCUT2D eigenvalue weighted by Crippen LogP contribution is 2.59. The van der Waals surface area contributed by atoms with Crippen LogP contribution in [-0.2, 0) is 19.7 Å². The first-order valence-corrected chi connectivity index (χ1v) is 11.0. The average molecular weight is 463 g/mol. The van der Waals surface area contributed by atoms with Crippen LogP contribution in [0, 0.1) is 0 Å². The summed E-state index contributed by atoms with van der Waals surface area (Å²) in [6.45, 7) is 0. The number of fused-ring (bicyclic) bond motifs is 2. The first kappa shape index (κ1) is 21.5. The van der Waals surface area contributed by atoms with Crippen molar-refractivity contribution in [3.8, 4) is 5.75 Å². The Labute approximate surface area is 196 Å². The molecule has 1 spiro atoms. The number of amides is 1. The summed E-state index contributed by atoms with van der Waals surface area (Å²) >= 11 is 6.15. The molecule has 1 fully saturated rings. The Morgan fingerprint density at radius 3 is 2.27 bits per heavy atom. The lowest BCUT2D eigenvalue weighted by molar-refractivity contribution is -0.143. The third-order valence-corrected chi connectivity index (χ3v) is 7.01. The Balaban J connectivity index is 1.78. The Morgan fingerprint density at radius 2 is 1.61 bits per heavy atom. The molecule has 2 N–H and O–H groups in total. The molecular weight excluding hydrogens is 440 g/mol. The third-order valence-electron chi connectivity index (χ3n) is 6.76. The largest absolute Gasteiger partial charge is 0.497 e. The second-order valence-electron chi connectivity index (χ2n) is 8.27. The van der Waals surface area contributed by atoms with Crippen molar-refractivity contribution in [1.29, 1.82) is 0 Å². The molecule has 2 heterocycles. The Morgan fingerprint density at radius 1 is 0.939 bits per heavy atom. The van der Waals surface area contributed by atoms with E-state index in [9.17, 15) is 9.59 Å². The van der Waals surface area contributed by atoms with Gasteiger partial charge in [0.1, 0.15) is 17.2 Å². The number of carbonyl (C=O) groups is 2. The van der Waals surface area contributed by atoms with Crippen molar-refractivity contribution in [2.45, 2.75) is 23.4 Å². The predicted octanol–water partition coefficient (Wildman–Crippen LogP) is 4.21. The van der Waals surface area contributed by atoms with Crippen LogP contribution in [0.2, 0.25) is 5.02 Å². The van der Waals surface area contributed by atoms with E-state index in [2.05, 4.69) is 10.6 Å². The fraction of sp³-hybridized carbons (Fsp3) is 0.231. The first-order chi connectivity index (χ1) is 16.0. The van der Waals surface area contributed by atoms with E-state index in [-0.39, 0.29) is 5.91 Å². The molecule has 6 nitrogen and oxygen atoms in total. The number of nitrogens with one attached hydrogen (secondary N) is 2. The molecule has 3 aromatic rings. The van der Waals surface area contributed by atoms with Crippen LogP contribution in [0.4, 0.5) is 5.69 Å². The Kier molecular flexibility index (Phi) is 5.35. The normalized spacial score (nSPS) is 25.5. The molecule has 0 saturated carbocycles. The number of carbonyl (C=O) groups excluding carboxylic acids is 2. The lowest BCUT2D eigenvalue weighted by Gasteiger charge is -2.35.